The van der Waals surface area contributed by atoms with Crippen molar-refractivity contribution in [3.63, 3.8) is 0 Å². The Balaban J connectivity index is 1.22. The number of ether oxygens (including phenoxy) is 4. The van der Waals surface area contributed by atoms with Crippen LogP contribution in [-0.4, -0.2) is 133 Å². The number of morpholine rings is 1. The first kappa shape index (κ1) is 44.2. The number of aryl methyl sites for hydroxylation is 1. The Morgan fingerprint density at radius 2 is 1.81 bits per heavy atom. The number of alkyl carbamates (subject to hydrolysis) is 1. The van der Waals surface area contributed by atoms with Crippen molar-refractivity contribution in [2.24, 2.45) is 5.41 Å². The van der Waals surface area contributed by atoms with E-state index in [9.17, 15) is 14.4 Å². The van der Waals surface area contributed by atoms with E-state index in [0.29, 0.717) is 45.5 Å². The summed E-state index contributed by atoms with van der Waals surface area (Å²) in [6.45, 7) is 20.9. The molecule has 4 aliphatic heterocycles. The number of nitrogens with zero attached hydrogens (tertiary/aromatic N) is 6. The first-order chi connectivity index (χ1) is 29.6. The fraction of sp³-hybridized carbons (Fsp3) is 0.660. The number of cyclic esters (lactones) is 1. The molecule has 0 unspecified atom stereocenters. The number of esters is 1. The number of fused-ring (bicyclic) bond motifs is 6. The number of amides is 2. The number of hydrogen-bond donors (Lipinski definition) is 2. The summed E-state index contributed by atoms with van der Waals surface area (Å²) in [4.78, 5) is 53.9. The van der Waals surface area contributed by atoms with E-state index < -0.39 is 35.2 Å². The molecule has 3 saturated heterocycles. The number of aromatic nitrogens is 2. The lowest BCUT2D eigenvalue weighted by molar-refractivity contribution is -0.155. The second-order valence-electron chi connectivity index (χ2n) is 19.7. The zero-order chi connectivity index (χ0) is 43.9. The van der Waals surface area contributed by atoms with Gasteiger partial charge in [-0.05, 0) is 96.6 Å². The lowest BCUT2D eigenvalue weighted by Gasteiger charge is -2.38. The molecule has 62 heavy (non-hydrogen) atoms. The Morgan fingerprint density at radius 3 is 2.52 bits per heavy atom. The molecule has 4 atom stereocenters. The highest BCUT2D eigenvalue weighted by molar-refractivity contribution is 5.95. The van der Waals surface area contributed by atoms with Gasteiger partial charge in [0.1, 0.15) is 17.7 Å². The summed E-state index contributed by atoms with van der Waals surface area (Å²) < 4.78 is 26.5. The largest absolute Gasteiger partial charge is 0.464 e. The molecule has 6 bridgehead atoms. The maximum Gasteiger partial charge on any atom is 0.408 e. The highest BCUT2D eigenvalue weighted by Gasteiger charge is 2.38. The van der Waals surface area contributed by atoms with Gasteiger partial charge >= 0.3 is 12.1 Å². The highest BCUT2D eigenvalue weighted by Crippen LogP contribution is 2.43. The number of anilines is 2. The third kappa shape index (κ3) is 9.70. The van der Waals surface area contributed by atoms with E-state index in [-0.39, 0.29) is 31.1 Å². The molecule has 1 aliphatic carbocycles. The summed E-state index contributed by atoms with van der Waals surface area (Å²) in [5, 5.41) is 5.43. The minimum Gasteiger partial charge on any atom is -0.464 e. The Labute approximate surface area is 366 Å². The van der Waals surface area contributed by atoms with Gasteiger partial charge < -0.3 is 38.6 Å². The van der Waals surface area contributed by atoms with Crippen LogP contribution >= 0.6 is 0 Å². The average molecular weight is 857 g/mol. The summed E-state index contributed by atoms with van der Waals surface area (Å²) in [5.41, 5.74) is 9.42. The Kier molecular flexibility index (Phi) is 12.8. The normalized spacial score (nSPS) is 24.7. The molecule has 338 valence electrons. The maximum atomic E-state index is 14.2. The molecule has 1 saturated carbocycles. The van der Waals surface area contributed by atoms with E-state index in [4.69, 9.17) is 23.9 Å². The Hall–Kier alpha value is -4.44. The Morgan fingerprint density at radius 1 is 1.03 bits per heavy atom. The van der Waals surface area contributed by atoms with Gasteiger partial charge in [-0.1, -0.05) is 13.8 Å². The van der Waals surface area contributed by atoms with Crippen molar-refractivity contribution in [3.8, 4) is 11.3 Å². The van der Waals surface area contributed by atoms with Crippen LogP contribution in [0.3, 0.4) is 0 Å². The molecule has 2 N–H and O–H groups in total. The maximum absolute atomic E-state index is 14.2. The summed E-state index contributed by atoms with van der Waals surface area (Å²) in [6.07, 6.45) is 5.30. The van der Waals surface area contributed by atoms with Gasteiger partial charge in [0.05, 0.1) is 48.7 Å². The third-order valence-electron chi connectivity index (χ3n) is 13.1. The fourth-order valence-electron chi connectivity index (χ4n) is 9.70. The minimum absolute atomic E-state index is 0.175. The zero-order valence-electron chi connectivity index (χ0n) is 38.1. The molecule has 0 spiro atoms. The van der Waals surface area contributed by atoms with Gasteiger partial charge in [0.25, 0.3) is 5.91 Å². The standard InChI is InChI=1S/C47H68N8O7/c1-9-54-40-15-14-32-23-35(40)37(42(54)36-24-33(27-48-41(36)30(2)59-8)52-19-17-51(18-20-52)31-12-13-31)26-47(6,7)29-61-44(57)38-11-10-16-55(50-38)43(56)39(49-45(58)62-46(3,4)5)25-34-28-53(32)21-22-60-34/h14-15,23-24,27,30-31,34,38-39,50H,9-13,16-22,25-26,28-29H2,1-8H3,(H,49,58)/t30-,34-,38-,39-/m0/s1. The van der Waals surface area contributed by atoms with Crippen LogP contribution in [0, 0.1) is 5.41 Å². The number of methoxy groups -OCH3 is 1. The molecule has 4 fully saturated rings. The lowest BCUT2D eigenvalue weighted by atomic mass is 9.84. The number of carbonyl (C=O) groups excluding carboxylic acids is 3. The number of piperazine rings is 1. The van der Waals surface area contributed by atoms with Crippen molar-refractivity contribution in [1.29, 1.82) is 0 Å². The zero-order valence-corrected chi connectivity index (χ0v) is 38.1. The first-order valence-corrected chi connectivity index (χ1v) is 22.9. The van der Waals surface area contributed by atoms with Crippen molar-refractivity contribution in [2.75, 3.05) is 75.9 Å². The van der Waals surface area contributed by atoms with Gasteiger partial charge in [-0.25, -0.2) is 10.2 Å². The number of rotatable bonds is 7. The summed E-state index contributed by atoms with van der Waals surface area (Å²) in [7, 11) is 1.74. The Bertz CT molecular complexity index is 2120. The summed E-state index contributed by atoms with van der Waals surface area (Å²) in [6, 6.07) is 8.11. The van der Waals surface area contributed by atoms with E-state index >= 15 is 0 Å². The molecule has 15 nitrogen and oxygen atoms in total. The van der Waals surface area contributed by atoms with E-state index in [1.54, 1.807) is 27.9 Å². The van der Waals surface area contributed by atoms with Gasteiger partial charge in [-0.15, -0.1) is 0 Å². The molecular formula is C47H68N8O7. The predicted octanol–water partition coefficient (Wildman–Crippen LogP) is 5.82. The van der Waals surface area contributed by atoms with Crippen LogP contribution in [-0.2, 0) is 41.5 Å². The van der Waals surface area contributed by atoms with Crippen LogP contribution < -0.4 is 20.5 Å². The summed E-state index contributed by atoms with van der Waals surface area (Å²) >= 11 is 0. The smallest absolute Gasteiger partial charge is 0.408 e. The van der Waals surface area contributed by atoms with Crippen molar-refractivity contribution in [1.82, 2.24) is 30.2 Å². The van der Waals surface area contributed by atoms with E-state index in [0.717, 1.165) is 78.0 Å². The van der Waals surface area contributed by atoms with Crippen LogP contribution in [0.5, 0.6) is 0 Å². The third-order valence-corrected chi connectivity index (χ3v) is 13.1. The molecular weight excluding hydrogens is 789 g/mol. The quantitative estimate of drug-likeness (QED) is 0.277. The number of pyridine rings is 1. The first-order valence-electron chi connectivity index (χ1n) is 22.9. The second-order valence-corrected chi connectivity index (χ2v) is 19.7. The fourth-order valence-corrected chi connectivity index (χ4v) is 9.70. The van der Waals surface area contributed by atoms with Gasteiger partial charge in [0.2, 0.25) is 0 Å². The molecule has 5 aliphatic rings. The van der Waals surface area contributed by atoms with E-state index in [2.05, 4.69) is 82.0 Å². The molecule has 6 heterocycles. The molecule has 2 aromatic heterocycles. The second kappa shape index (κ2) is 18.0. The van der Waals surface area contributed by atoms with Crippen LogP contribution in [0.4, 0.5) is 16.2 Å². The minimum atomic E-state index is -0.958. The van der Waals surface area contributed by atoms with Crippen molar-refractivity contribution < 1.29 is 33.3 Å². The van der Waals surface area contributed by atoms with Crippen molar-refractivity contribution in [3.05, 3.63) is 41.7 Å². The number of hydrogen-bond acceptors (Lipinski definition) is 12. The van der Waals surface area contributed by atoms with Gasteiger partial charge in [0.15, 0.2) is 0 Å². The van der Waals surface area contributed by atoms with Crippen LogP contribution in [0.25, 0.3) is 22.2 Å². The molecule has 1 aromatic carbocycles. The van der Waals surface area contributed by atoms with Crippen LogP contribution in [0.2, 0.25) is 0 Å². The molecule has 2 amide bonds. The average Bonchev–Trinajstić information content (AvgIpc) is 4.07. The van der Waals surface area contributed by atoms with Gasteiger partial charge in [-0.3, -0.25) is 24.5 Å². The molecule has 15 heteroatoms. The van der Waals surface area contributed by atoms with Crippen molar-refractivity contribution in [2.45, 2.75) is 129 Å². The topological polar surface area (TPSA) is 143 Å². The monoisotopic (exact) mass is 857 g/mol. The number of hydrazine groups is 1. The van der Waals surface area contributed by atoms with E-state index in [1.165, 1.54) is 23.4 Å². The SMILES string of the molecule is CCn1c(-c2cc(N3CCN(C4CC4)CC3)cnc2[C@H](C)OC)c2c3cc(ccc31)N1CCO[C@@H](C[C@H](NC(=O)OC(C)(C)C)C(=O)N3CCC[C@H](N3)C(=O)OCC(C)(C)C2)C1. The number of benzene rings is 1. The predicted molar refractivity (Wildman–Crippen MR) is 239 cm³/mol. The number of nitrogens with one attached hydrogen (secondary N) is 2. The molecule has 0 radical (unpaired) electrons. The van der Waals surface area contributed by atoms with Crippen molar-refractivity contribution >= 4 is 40.2 Å². The highest BCUT2D eigenvalue weighted by atomic mass is 16.6. The van der Waals surface area contributed by atoms with Gasteiger partial charge in [0, 0.05) is 99.5 Å². The van der Waals surface area contributed by atoms with Crippen LogP contribution in [0.15, 0.2) is 30.5 Å². The molecule has 8 rings (SSSR count). The van der Waals surface area contributed by atoms with Gasteiger partial charge in [-0.2, -0.15) is 0 Å². The van der Waals surface area contributed by atoms with Crippen LogP contribution in [0.1, 0.15) is 97.9 Å². The lowest BCUT2D eigenvalue weighted by Crippen LogP contribution is -2.61. The summed E-state index contributed by atoms with van der Waals surface area (Å²) in [5.74, 6) is -0.760. The molecule has 3 aromatic rings. The number of carbonyl (C=O) groups is 3. The van der Waals surface area contributed by atoms with E-state index in [1.807, 2.05) is 6.20 Å².